The van der Waals surface area contributed by atoms with Gasteiger partial charge in [-0.1, -0.05) is 63.7 Å². The average Bonchev–Trinajstić information content (AvgIpc) is 2.64. The normalized spacial score (nSPS) is 30.3. The summed E-state index contributed by atoms with van der Waals surface area (Å²) in [6, 6.07) is 0. The Hall–Kier alpha value is 1.88. The van der Waals surface area contributed by atoms with Crippen LogP contribution in [0, 0.1) is 0 Å². The van der Waals surface area contributed by atoms with Crippen molar-refractivity contribution in [2.24, 2.45) is 0 Å². The molecule has 0 saturated heterocycles. The lowest BCUT2D eigenvalue weighted by molar-refractivity contribution is 0.303. The van der Waals surface area contributed by atoms with Crippen LogP contribution in [0.15, 0.2) is 0 Å². The molecule has 3 atom stereocenters. The second-order valence-electron chi connectivity index (χ2n) is 2.20. The van der Waals surface area contributed by atoms with Gasteiger partial charge in [0.15, 0.2) is 0 Å². The Morgan fingerprint density at radius 2 is 1.73 bits per heavy atom. The maximum atomic E-state index is 8.26. The van der Waals surface area contributed by atoms with Crippen LogP contribution in [0.1, 0.15) is 6.42 Å². The van der Waals surface area contributed by atoms with Crippen molar-refractivity contribution in [3.8, 4) is 0 Å². The van der Waals surface area contributed by atoms with Crippen LogP contribution < -0.4 is 0 Å². The van der Waals surface area contributed by atoms with Crippen molar-refractivity contribution in [3.63, 3.8) is 0 Å². The van der Waals surface area contributed by atoms with Crippen molar-refractivity contribution >= 4 is 63.7 Å². The van der Waals surface area contributed by atoms with Crippen molar-refractivity contribution < 1.29 is 5.11 Å². The lowest BCUT2D eigenvalue weighted by Gasteiger charge is -1.94. The summed E-state index contributed by atoms with van der Waals surface area (Å²) in [5, 5.41) is 9.07. The van der Waals surface area contributed by atoms with Gasteiger partial charge in [0.05, 0.1) is 6.61 Å². The third-order valence-corrected chi connectivity index (χ3v) is 6.00. The topological polar surface area (TPSA) is 20.2 Å². The molecular formula is C6H10Br4O. The number of aliphatic hydroxyl groups excluding tert-OH is 1. The summed E-state index contributed by atoms with van der Waals surface area (Å²) in [4.78, 5) is 1.78. The zero-order chi connectivity index (χ0) is 8.85. The molecule has 0 bridgehead atoms. The van der Waals surface area contributed by atoms with E-state index >= 15 is 0 Å². The molecule has 0 radical (unpaired) electrons. The van der Waals surface area contributed by atoms with Gasteiger partial charge in [0.25, 0.3) is 0 Å². The van der Waals surface area contributed by atoms with Gasteiger partial charge in [0.1, 0.15) is 0 Å². The first kappa shape index (κ1) is 12.9. The molecule has 0 heterocycles. The highest BCUT2D eigenvalue weighted by Gasteiger charge is 2.31. The first-order valence-corrected chi connectivity index (χ1v) is 7.07. The number of hydrogen-bond acceptors (Lipinski definition) is 1. The Balaban J connectivity index is 0.000000183. The minimum absolute atomic E-state index is 0.200. The van der Waals surface area contributed by atoms with Crippen molar-refractivity contribution in [2.75, 3.05) is 11.9 Å². The smallest absolute Gasteiger partial charge is 0.0564 e. The van der Waals surface area contributed by atoms with E-state index in [4.69, 9.17) is 5.11 Å². The number of hydrogen-bond donors (Lipinski definition) is 1. The fraction of sp³-hybridized carbons (Fsp3) is 1.00. The van der Waals surface area contributed by atoms with Crippen LogP contribution in [0.5, 0.6) is 0 Å². The highest BCUT2D eigenvalue weighted by atomic mass is 79.9. The standard InChI is InChI=1S/C3H6Br2O.C3H4Br2/c4-1-3(5)2-6;4-2-1-3(2)5/h3,6H,1-2H2;2-3H,1H2. The van der Waals surface area contributed by atoms with E-state index in [-0.39, 0.29) is 11.4 Å². The van der Waals surface area contributed by atoms with Crippen molar-refractivity contribution in [2.45, 2.75) is 20.9 Å². The summed E-state index contributed by atoms with van der Waals surface area (Å²) >= 11 is 13.1. The third kappa shape index (κ3) is 8.22. The second kappa shape index (κ2) is 7.30. The van der Waals surface area contributed by atoms with E-state index < -0.39 is 0 Å². The van der Waals surface area contributed by atoms with Gasteiger partial charge < -0.3 is 5.11 Å². The highest BCUT2D eigenvalue weighted by molar-refractivity contribution is 9.13. The molecule has 0 amide bonds. The lowest BCUT2D eigenvalue weighted by Crippen LogP contribution is -2.03. The molecule has 1 aliphatic carbocycles. The quantitative estimate of drug-likeness (QED) is 0.685. The van der Waals surface area contributed by atoms with Crippen molar-refractivity contribution in [3.05, 3.63) is 0 Å². The predicted molar refractivity (Wildman–Crippen MR) is 63.6 cm³/mol. The summed E-state index contributed by atoms with van der Waals surface area (Å²) in [5.74, 6) is 0. The van der Waals surface area contributed by atoms with E-state index in [0.29, 0.717) is 0 Å². The molecular weight excluding hydrogens is 408 g/mol. The molecule has 1 fully saturated rings. The second-order valence-corrected chi connectivity index (χ2v) is 6.50. The fourth-order valence-corrected chi connectivity index (χ4v) is 1.70. The van der Waals surface area contributed by atoms with Crippen molar-refractivity contribution in [1.82, 2.24) is 0 Å². The first-order valence-electron chi connectivity index (χ1n) is 3.20. The molecule has 0 spiro atoms. The Labute approximate surface area is 101 Å². The van der Waals surface area contributed by atoms with Crippen LogP contribution >= 0.6 is 63.7 Å². The molecule has 11 heavy (non-hydrogen) atoms. The fourth-order valence-electron chi connectivity index (χ4n) is 0.185. The van der Waals surface area contributed by atoms with Crippen LogP contribution in [0.25, 0.3) is 0 Å². The van der Waals surface area contributed by atoms with Gasteiger partial charge in [-0.2, -0.15) is 0 Å². The average molecular weight is 418 g/mol. The van der Waals surface area contributed by atoms with Gasteiger partial charge in [-0.25, -0.2) is 0 Å². The summed E-state index contributed by atoms with van der Waals surface area (Å²) in [7, 11) is 0. The molecule has 1 aliphatic rings. The minimum atomic E-state index is 0.200. The Morgan fingerprint density at radius 3 is 1.73 bits per heavy atom. The van der Waals surface area contributed by atoms with E-state index in [1.807, 2.05) is 0 Å². The number of aliphatic hydroxyl groups is 1. The van der Waals surface area contributed by atoms with Crippen molar-refractivity contribution in [1.29, 1.82) is 0 Å². The van der Waals surface area contributed by atoms with E-state index in [1.165, 1.54) is 6.42 Å². The molecule has 5 heteroatoms. The highest BCUT2D eigenvalue weighted by Crippen LogP contribution is 2.36. The van der Waals surface area contributed by atoms with Gasteiger partial charge >= 0.3 is 0 Å². The van der Waals surface area contributed by atoms with Crippen LogP contribution in [0.3, 0.4) is 0 Å². The molecule has 0 aromatic heterocycles. The molecule has 1 saturated carbocycles. The van der Waals surface area contributed by atoms with Crippen LogP contribution in [0.4, 0.5) is 0 Å². The van der Waals surface area contributed by atoms with E-state index in [1.54, 1.807) is 0 Å². The molecule has 0 aromatic carbocycles. The van der Waals surface area contributed by atoms with E-state index in [0.717, 1.165) is 15.0 Å². The number of alkyl halides is 4. The molecule has 1 nitrogen and oxygen atoms in total. The van der Waals surface area contributed by atoms with E-state index in [2.05, 4.69) is 63.7 Å². The Bertz CT molecular complexity index is 90.6. The number of rotatable bonds is 2. The monoisotopic (exact) mass is 414 g/mol. The SMILES string of the molecule is BrC1CC1Br.OCC(Br)CBr. The summed E-state index contributed by atoms with van der Waals surface area (Å²) < 4.78 is 0. The largest absolute Gasteiger partial charge is 0.395 e. The Kier molecular flexibility index (Phi) is 8.55. The maximum Gasteiger partial charge on any atom is 0.0564 e. The first-order chi connectivity index (χ1) is 5.11. The molecule has 1 N–H and O–H groups in total. The molecule has 1 rings (SSSR count). The summed E-state index contributed by atoms with van der Waals surface area (Å²) in [6.45, 7) is 0.200. The molecule has 0 aromatic rings. The Morgan fingerprint density at radius 1 is 1.36 bits per heavy atom. The van der Waals surface area contributed by atoms with E-state index in [9.17, 15) is 0 Å². The minimum Gasteiger partial charge on any atom is -0.395 e. The van der Waals surface area contributed by atoms with Crippen LogP contribution in [-0.4, -0.2) is 31.5 Å². The predicted octanol–water partition coefficient (Wildman–Crippen LogP) is 3.05. The molecule has 0 aliphatic heterocycles. The maximum absolute atomic E-state index is 8.26. The zero-order valence-corrected chi connectivity index (χ0v) is 12.2. The van der Waals surface area contributed by atoms with Crippen LogP contribution in [-0.2, 0) is 0 Å². The van der Waals surface area contributed by atoms with Gasteiger partial charge in [0, 0.05) is 19.8 Å². The van der Waals surface area contributed by atoms with Crippen LogP contribution in [0.2, 0.25) is 0 Å². The summed E-state index contributed by atoms with van der Waals surface area (Å²) in [6.07, 6.45) is 1.31. The van der Waals surface area contributed by atoms with Gasteiger partial charge in [-0.05, 0) is 6.42 Å². The number of halogens is 4. The zero-order valence-electron chi connectivity index (χ0n) is 5.81. The summed E-state index contributed by atoms with van der Waals surface area (Å²) in [5.41, 5.74) is 0. The van der Waals surface area contributed by atoms with Gasteiger partial charge in [0.2, 0.25) is 0 Å². The lowest BCUT2D eigenvalue weighted by atomic mass is 10.5. The molecule has 68 valence electrons. The van der Waals surface area contributed by atoms with Gasteiger partial charge in [-0.3, -0.25) is 0 Å². The third-order valence-electron chi connectivity index (χ3n) is 1.01. The molecule has 3 unspecified atom stereocenters. The van der Waals surface area contributed by atoms with Gasteiger partial charge in [-0.15, -0.1) is 0 Å².